The van der Waals surface area contributed by atoms with Crippen molar-refractivity contribution in [1.29, 1.82) is 0 Å². The molecule has 0 aromatic rings. The van der Waals surface area contributed by atoms with Crippen LogP contribution in [-0.2, 0) is 23.9 Å². The Morgan fingerprint density at radius 2 is 1.87 bits per heavy atom. The number of Topliss-reactive ketones (excluding diaryl/α,β-unsaturated/α-hetero) is 1. The molecule has 0 N–H and O–H groups in total. The lowest BCUT2D eigenvalue weighted by molar-refractivity contribution is -0.154. The first-order valence-electron chi connectivity index (χ1n) is 11.7. The minimum Gasteiger partial charge on any atom is -0.466 e. The Hall–Kier alpha value is -1.43. The molecule has 8 atom stereocenters. The summed E-state index contributed by atoms with van der Waals surface area (Å²) >= 11 is 1.45. The van der Waals surface area contributed by atoms with Crippen LogP contribution >= 0.6 is 11.8 Å². The molecule has 0 bridgehead atoms. The number of hydrogen-bond donors (Lipinski definition) is 0. The van der Waals surface area contributed by atoms with E-state index >= 15 is 0 Å². The number of allylic oxidation sites excluding steroid dienone is 2. The quantitative estimate of drug-likeness (QED) is 0.471. The number of esters is 1. The summed E-state index contributed by atoms with van der Waals surface area (Å²) in [5.74, 6) is 0.503. The van der Waals surface area contributed by atoms with Crippen LogP contribution in [0.15, 0.2) is 12.2 Å². The minimum atomic E-state index is -0.651. The minimum absolute atomic E-state index is 0.0290. The molecule has 3 fully saturated rings. The molecule has 2 unspecified atom stereocenters. The summed E-state index contributed by atoms with van der Waals surface area (Å²) in [6, 6.07) is 0. The molecule has 6 heteroatoms. The molecule has 0 aliphatic heterocycles. The van der Waals surface area contributed by atoms with Crippen molar-refractivity contribution in [2.24, 2.45) is 40.4 Å². The lowest BCUT2D eigenvalue weighted by Gasteiger charge is -2.60. The highest BCUT2D eigenvalue weighted by molar-refractivity contribution is 8.14. The first kappa shape index (κ1) is 22.8. The van der Waals surface area contributed by atoms with Gasteiger partial charge in [0.25, 0.3) is 0 Å². The molecular formula is C25H34O5S. The van der Waals surface area contributed by atoms with E-state index in [-0.39, 0.29) is 51.1 Å². The third kappa shape index (κ3) is 3.63. The molecule has 0 heterocycles. The standard InChI is InChI=1S/C25H34O5S/c1-14(26)30-12-10-16-5-7-18-22-19(9-11-24(16,18)3)25(4)17(6-8-20(28)23(25)29)13-21(22)31-15(2)27/h6,8,16-19,21-22H,5,7,9-13H2,1-4H3/t16-,17?,18+,19+,21?,22+,24-,25+/m1/s1. The zero-order valence-electron chi connectivity index (χ0n) is 19.0. The van der Waals surface area contributed by atoms with Crippen LogP contribution in [-0.4, -0.2) is 34.5 Å². The fourth-order valence-electron chi connectivity index (χ4n) is 7.77. The number of carbonyl (C=O) groups is 4. The third-order valence-electron chi connectivity index (χ3n) is 9.27. The van der Waals surface area contributed by atoms with Crippen molar-refractivity contribution in [3.8, 4) is 0 Å². The van der Waals surface area contributed by atoms with E-state index in [9.17, 15) is 19.2 Å². The number of fused-ring (bicyclic) bond motifs is 5. The van der Waals surface area contributed by atoms with E-state index in [1.165, 1.54) is 24.8 Å². The van der Waals surface area contributed by atoms with Crippen molar-refractivity contribution in [2.75, 3.05) is 6.61 Å². The topological polar surface area (TPSA) is 77.5 Å². The van der Waals surface area contributed by atoms with Gasteiger partial charge >= 0.3 is 5.97 Å². The second-order valence-electron chi connectivity index (χ2n) is 10.6. The maximum absolute atomic E-state index is 13.2. The molecular weight excluding hydrogens is 412 g/mol. The Morgan fingerprint density at radius 1 is 1.13 bits per heavy atom. The van der Waals surface area contributed by atoms with Crippen molar-refractivity contribution in [3.05, 3.63) is 12.2 Å². The summed E-state index contributed by atoms with van der Waals surface area (Å²) in [6.07, 6.45) is 9.16. The van der Waals surface area contributed by atoms with E-state index in [2.05, 4.69) is 6.92 Å². The van der Waals surface area contributed by atoms with Gasteiger partial charge in [-0.2, -0.15) is 0 Å². The number of ether oxygens (including phenoxy) is 1. The van der Waals surface area contributed by atoms with Gasteiger partial charge in [-0.25, -0.2) is 0 Å². The van der Waals surface area contributed by atoms with Crippen LogP contribution < -0.4 is 0 Å². The molecule has 3 saturated carbocycles. The zero-order valence-corrected chi connectivity index (χ0v) is 19.8. The molecule has 0 aromatic heterocycles. The van der Waals surface area contributed by atoms with Gasteiger partial charge in [0, 0.05) is 24.5 Å². The van der Waals surface area contributed by atoms with Crippen molar-refractivity contribution >= 4 is 34.4 Å². The van der Waals surface area contributed by atoms with Crippen LogP contribution in [0, 0.1) is 40.4 Å². The number of hydrogen-bond acceptors (Lipinski definition) is 6. The van der Waals surface area contributed by atoms with Crippen LogP contribution in [0.5, 0.6) is 0 Å². The van der Waals surface area contributed by atoms with Crippen LogP contribution in [0.1, 0.15) is 66.2 Å². The molecule has 0 spiro atoms. The Kier molecular flexibility index (Phi) is 5.99. The van der Waals surface area contributed by atoms with Crippen LogP contribution in [0.25, 0.3) is 0 Å². The summed E-state index contributed by atoms with van der Waals surface area (Å²) in [4.78, 5) is 48.9. The van der Waals surface area contributed by atoms with Crippen molar-refractivity contribution in [2.45, 2.75) is 71.5 Å². The van der Waals surface area contributed by atoms with Crippen molar-refractivity contribution < 1.29 is 23.9 Å². The van der Waals surface area contributed by atoms with Gasteiger partial charge in [-0.3, -0.25) is 19.2 Å². The van der Waals surface area contributed by atoms with Gasteiger partial charge in [-0.1, -0.05) is 31.7 Å². The zero-order chi connectivity index (χ0) is 22.6. The molecule has 0 aromatic carbocycles. The lowest BCUT2D eigenvalue weighted by Crippen LogP contribution is -2.60. The first-order chi connectivity index (χ1) is 14.6. The Labute approximate surface area is 189 Å². The molecule has 4 rings (SSSR count). The van der Waals surface area contributed by atoms with E-state index in [0.717, 1.165) is 38.5 Å². The third-order valence-corrected chi connectivity index (χ3v) is 10.4. The average Bonchev–Trinajstić information content (AvgIpc) is 3.02. The summed E-state index contributed by atoms with van der Waals surface area (Å²) in [6.45, 7) is 7.93. The SMILES string of the molecule is CC(=O)OCC[C@H]1CC[C@H]2[C@@H]3C(SC(C)=O)CC4C=CC(=O)C(=O)[C@]4(C)[C@H]3CC[C@]12C. The van der Waals surface area contributed by atoms with Gasteiger partial charge < -0.3 is 4.74 Å². The molecule has 4 aliphatic carbocycles. The van der Waals surface area contributed by atoms with Crippen molar-refractivity contribution in [1.82, 2.24) is 0 Å². The number of thioether (sulfide) groups is 1. The molecule has 0 saturated heterocycles. The maximum atomic E-state index is 13.2. The summed E-state index contributed by atoms with van der Waals surface area (Å²) in [7, 11) is 0. The maximum Gasteiger partial charge on any atom is 0.302 e. The van der Waals surface area contributed by atoms with Gasteiger partial charge in [-0.15, -0.1) is 0 Å². The largest absolute Gasteiger partial charge is 0.466 e. The average molecular weight is 447 g/mol. The van der Waals surface area contributed by atoms with E-state index in [1.54, 1.807) is 6.92 Å². The number of rotatable bonds is 4. The monoisotopic (exact) mass is 446 g/mol. The predicted octanol–water partition coefficient (Wildman–Crippen LogP) is 4.38. The fraction of sp³-hybridized carbons (Fsp3) is 0.760. The molecule has 0 radical (unpaired) electrons. The highest BCUT2D eigenvalue weighted by Gasteiger charge is 2.64. The molecule has 4 aliphatic rings. The van der Waals surface area contributed by atoms with Crippen LogP contribution in [0.3, 0.4) is 0 Å². The smallest absolute Gasteiger partial charge is 0.302 e. The van der Waals surface area contributed by atoms with E-state index in [1.807, 2.05) is 13.0 Å². The lowest BCUT2D eigenvalue weighted by atomic mass is 9.45. The van der Waals surface area contributed by atoms with E-state index in [0.29, 0.717) is 18.4 Å². The Balaban J connectivity index is 1.66. The van der Waals surface area contributed by atoms with Gasteiger partial charge in [0.1, 0.15) is 0 Å². The summed E-state index contributed by atoms with van der Waals surface area (Å²) in [5, 5.41) is 0.314. The Bertz CT molecular complexity index is 834. The molecule has 31 heavy (non-hydrogen) atoms. The van der Waals surface area contributed by atoms with E-state index in [4.69, 9.17) is 4.74 Å². The summed E-state index contributed by atoms with van der Waals surface area (Å²) in [5.41, 5.74) is -0.529. The fourth-order valence-corrected chi connectivity index (χ4v) is 9.03. The number of carbonyl (C=O) groups excluding carboxylic acids is 4. The number of ketones is 2. The molecule has 170 valence electrons. The normalized spacial score (nSPS) is 43.7. The van der Waals surface area contributed by atoms with Crippen LogP contribution in [0.2, 0.25) is 0 Å². The van der Waals surface area contributed by atoms with Crippen molar-refractivity contribution in [3.63, 3.8) is 0 Å². The second-order valence-corrected chi connectivity index (χ2v) is 12.0. The highest BCUT2D eigenvalue weighted by atomic mass is 32.2. The molecule has 5 nitrogen and oxygen atoms in total. The van der Waals surface area contributed by atoms with Crippen LogP contribution in [0.4, 0.5) is 0 Å². The second kappa shape index (κ2) is 8.17. The highest BCUT2D eigenvalue weighted by Crippen LogP contribution is 2.67. The van der Waals surface area contributed by atoms with Gasteiger partial charge in [-0.05, 0) is 79.6 Å². The van der Waals surface area contributed by atoms with Gasteiger partial charge in [0.05, 0.1) is 6.61 Å². The van der Waals surface area contributed by atoms with Gasteiger partial charge in [0.2, 0.25) is 11.6 Å². The predicted molar refractivity (Wildman–Crippen MR) is 119 cm³/mol. The Morgan fingerprint density at radius 3 is 2.55 bits per heavy atom. The van der Waals surface area contributed by atoms with E-state index < -0.39 is 5.41 Å². The first-order valence-corrected chi connectivity index (χ1v) is 12.5. The van der Waals surface area contributed by atoms with Gasteiger partial charge in [0.15, 0.2) is 5.12 Å². The summed E-state index contributed by atoms with van der Waals surface area (Å²) < 4.78 is 5.24. The molecule has 0 amide bonds.